The highest BCUT2D eigenvalue weighted by Crippen LogP contribution is 2.31. The second-order valence-corrected chi connectivity index (χ2v) is 6.76. The molecule has 4 heterocycles. The third-order valence-corrected chi connectivity index (χ3v) is 4.90. The molecule has 0 bridgehead atoms. The minimum atomic E-state index is -0.239. The molecule has 0 radical (unpaired) electrons. The van der Waals surface area contributed by atoms with Crippen LogP contribution in [0.2, 0.25) is 0 Å². The molecule has 4 rings (SSSR count). The monoisotopic (exact) mass is 396 g/mol. The SMILES string of the molecule is CCCOC(=O)N1CCN(c2ccn3ncc(-c4cccnc4OC)c3n2)CC1. The lowest BCUT2D eigenvalue weighted by atomic mass is 10.1. The average Bonchev–Trinajstić information content (AvgIpc) is 3.20. The first-order chi connectivity index (χ1) is 14.2. The molecule has 1 aliphatic rings. The van der Waals surface area contributed by atoms with Crippen LogP contribution < -0.4 is 9.64 Å². The normalized spacial score (nSPS) is 14.3. The topological polar surface area (TPSA) is 85.1 Å². The van der Waals surface area contributed by atoms with Crippen molar-refractivity contribution in [2.45, 2.75) is 13.3 Å². The third-order valence-electron chi connectivity index (χ3n) is 4.90. The Morgan fingerprint density at radius 2 is 2.00 bits per heavy atom. The first kappa shape index (κ1) is 19.0. The van der Waals surface area contributed by atoms with Crippen molar-refractivity contribution in [3.8, 4) is 17.0 Å². The summed E-state index contributed by atoms with van der Waals surface area (Å²) in [6, 6.07) is 5.75. The molecule has 0 aromatic carbocycles. The lowest BCUT2D eigenvalue weighted by Crippen LogP contribution is -2.49. The molecule has 3 aromatic heterocycles. The van der Waals surface area contributed by atoms with Gasteiger partial charge in [0.05, 0.1) is 25.5 Å². The number of aromatic nitrogens is 4. The van der Waals surface area contributed by atoms with E-state index in [4.69, 9.17) is 14.5 Å². The Hall–Kier alpha value is -3.36. The molecular weight excluding hydrogens is 372 g/mol. The van der Waals surface area contributed by atoms with E-state index in [0.29, 0.717) is 38.7 Å². The molecule has 29 heavy (non-hydrogen) atoms. The maximum Gasteiger partial charge on any atom is 0.409 e. The maximum absolute atomic E-state index is 12.0. The van der Waals surface area contributed by atoms with Gasteiger partial charge in [0.15, 0.2) is 5.65 Å². The van der Waals surface area contributed by atoms with Crippen molar-refractivity contribution in [3.63, 3.8) is 0 Å². The molecule has 9 nitrogen and oxygen atoms in total. The van der Waals surface area contributed by atoms with Gasteiger partial charge in [0.1, 0.15) is 5.82 Å². The molecule has 9 heteroatoms. The number of fused-ring (bicyclic) bond motifs is 1. The molecule has 152 valence electrons. The van der Waals surface area contributed by atoms with Crippen LogP contribution in [0.5, 0.6) is 5.88 Å². The van der Waals surface area contributed by atoms with Gasteiger partial charge in [-0.05, 0) is 24.6 Å². The van der Waals surface area contributed by atoms with Crippen LogP contribution in [0.15, 0.2) is 36.8 Å². The molecule has 0 unspecified atom stereocenters. The molecule has 1 amide bonds. The van der Waals surface area contributed by atoms with Gasteiger partial charge in [-0.15, -0.1) is 0 Å². The lowest BCUT2D eigenvalue weighted by molar-refractivity contribution is 0.100. The fraction of sp³-hybridized carbons (Fsp3) is 0.400. The van der Waals surface area contributed by atoms with Crippen molar-refractivity contribution in [3.05, 3.63) is 36.8 Å². The summed E-state index contributed by atoms with van der Waals surface area (Å²) in [5, 5.41) is 4.40. The molecule has 0 spiro atoms. The predicted octanol–water partition coefficient (Wildman–Crippen LogP) is 2.47. The number of carbonyl (C=O) groups excluding carboxylic acids is 1. The second-order valence-electron chi connectivity index (χ2n) is 6.76. The lowest BCUT2D eigenvalue weighted by Gasteiger charge is -2.34. The van der Waals surface area contributed by atoms with Crippen LogP contribution in [0.1, 0.15) is 13.3 Å². The largest absolute Gasteiger partial charge is 0.481 e. The van der Waals surface area contributed by atoms with Crippen molar-refractivity contribution < 1.29 is 14.3 Å². The Labute approximate surface area is 168 Å². The van der Waals surface area contributed by atoms with E-state index in [-0.39, 0.29) is 6.09 Å². The van der Waals surface area contributed by atoms with Gasteiger partial charge in [-0.25, -0.2) is 19.3 Å². The van der Waals surface area contributed by atoms with Crippen LogP contribution in [0.4, 0.5) is 10.6 Å². The number of piperazine rings is 1. The fourth-order valence-corrected chi connectivity index (χ4v) is 3.38. The molecule has 1 fully saturated rings. The molecule has 0 aliphatic carbocycles. The average molecular weight is 396 g/mol. The highest BCUT2D eigenvalue weighted by molar-refractivity contribution is 5.80. The van der Waals surface area contributed by atoms with Crippen LogP contribution >= 0.6 is 0 Å². The third kappa shape index (κ3) is 3.80. The minimum Gasteiger partial charge on any atom is -0.481 e. The van der Waals surface area contributed by atoms with E-state index in [1.807, 2.05) is 31.3 Å². The highest BCUT2D eigenvalue weighted by atomic mass is 16.6. The predicted molar refractivity (Wildman–Crippen MR) is 108 cm³/mol. The van der Waals surface area contributed by atoms with Crippen molar-refractivity contribution in [1.29, 1.82) is 0 Å². The molecular formula is C20H24N6O3. The number of nitrogens with zero attached hydrogens (tertiary/aromatic N) is 6. The number of hydrogen-bond donors (Lipinski definition) is 0. The molecule has 0 atom stereocenters. The zero-order valence-corrected chi connectivity index (χ0v) is 16.6. The van der Waals surface area contributed by atoms with Crippen LogP contribution in [0.25, 0.3) is 16.8 Å². The van der Waals surface area contributed by atoms with Crippen molar-refractivity contribution >= 4 is 17.6 Å². The number of pyridine rings is 1. The van der Waals surface area contributed by atoms with Crippen molar-refractivity contribution in [2.24, 2.45) is 0 Å². The van der Waals surface area contributed by atoms with Gasteiger partial charge in [0.2, 0.25) is 5.88 Å². The number of carbonyl (C=O) groups is 1. The van der Waals surface area contributed by atoms with Gasteiger partial charge in [-0.3, -0.25) is 0 Å². The summed E-state index contributed by atoms with van der Waals surface area (Å²) in [4.78, 5) is 25.1. The smallest absolute Gasteiger partial charge is 0.409 e. The Balaban J connectivity index is 1.55. The molecule has 0 N–H and O–H groups in total. The zero-order chi connectivity index (χ0) is 20.2. The van der Waals surface area contributed by atoms with E-state index in [0.717, 1.165) is 29.0 Å². The second kappa shape index (κ2) is 8.34. The van der Waals surface area contributed by atoms with Gasteiger partial charge in [0, 0.05) is 44.1 Å². The number of amides is 1. The summed E-state index contributed by atoms with van der Waals surface area (Å²) in [7, 11) is 1.60. The van der Waals surface area contributed by atoms with E-state index in [9.17, 15) is 4.79 Å². The standard InChI is InChI=1S/C20H24N6O3/c1-3-13-29-20(27)25-11-9-24(10-12-25)17-6-8-26-18(23-17)16(14-22-26)15-5-4-7-21-19(15)28-2/h4-8,14H,3,9-13H2,1-2H3. The minimum absolute atomic E-state index is 0.239. The number of ether oxygens (including phenoxy) is 2. The summed E-state index contributed by atoms with van der Waals surface area (Å²) in [6.45, 7) is 5.06. The summed E-state index contributed by atoms with van der Waals surface area (Å²) in [5.74, 6) is 1.39. The molecule has 1 aliphatic heterocycles. The van der Waals surface area contributed by atoms with Gasteiger partial charge in [0.25, 0.3) is 0 Å². The Kier molecular flexibility index (Phi) is 5.46. The first-order valence-corrected chi connectivity index (χ1v) is 9.71. The number of methoxy groups -OCH3 is 1. The van der Waals surface area contributed by atoms with E-state index in [1.165, 1.54) is 0 Å². The summed E-state index contributed by atoms with van der Waals surface area (Å²) < 4.78 is 12.4. The number of rotatable bonds is 5. The van der Waals surface area contributed by atoms with Crippen molar-refractivity contribution in [1.82, 2.24) is 24.5 Å². The van der Waals surface area contributed by atoms with Gasteiger partial charge >= 0.3 is 6.09 Å². The van der Waals surface area contributed by atoms with E-state index >= 15 is 0 Å². The van der Waals surface area contributed by atoms with Crippen LogP contribution in [-0.2, 0) is 4.74 Å². The quantitative estimate of drug-likeness (QED) is 0.655. The highest BCUT2D eigenvalue weighted by Gasteiger charge is 2.23. The Morgan fingerprint density at radius 3 is 2.76 bits per heavy atom. The van der Waals surface area contributed by atoms with Gasteiger partial charge in [-0.1, -0.05) is 6.92 Å². The first-order valence-electron chi connectivity index (χ1n) is 9.71. The summed E-state index contributed by atoms with van der Waals surface area (Å²) in [6.07, 6.45) is 5.94. The molecule has 1 saturated heterocycles. The fourth-order valence-electron chi connectivity index (χ4n) is 3.38. The summed E-state index contributed by atoms with van der Waals surface area (Å²) in [5.41, 5.74) is 2.44. The van der Waals surface area contributed by atoms with Gasteiger partial charge in [-0.2, -0.15) is 5.10 Å². The maximum atomic E-state index is 12.0. The van der Waals surface area contributed by atoms with E-state index in [1.54, 1.807) is 28.9 Å². The Bertz CT molecular complexity index is 997. The van der Waals surface area contributed by atoms with Crippen molar-refractivity contribution in [2.75, 3.05) is 44.8 Å². The van der Waals surface area contributed by atoms with E-state index < -0.39 is 0 Å². The van der Waals surface area contributed by atoms with Gasteiger partial charge < -0.3 is 19.3 Å². The zero-order valence-electron chi connectivity index (χ0n) is 16.6. The van der Waals surface area contributed by atoms with Crippen LogP contribution in [0, 0.1) is 0 Å². The van der Waals surface area contributed by atoms with Crippen LogP contribution in [0.3, 0.4) is 0 Å². The van der Waals surface area contributed by atoms with E-state index in [2.05, 4.69) is 15.0 Å². The number of anilines is 1. The Morgan fingerprint density at radius 1 is 1.17 bits per heavy atom. The number of hydrogen-bond acceptors (Lipinski definition) is 7. The molecule has 0 saturated carbocycles. The van der Waals surface area contributed by atoms with Crippen LogP contribution in [-0.4, -0.2) is 70.5 Å². The summed E-state index contributed by atoms with van der Waals surface area (Å²) >= 11 is 0. The molecule has 3 aromatic rings.